The third kappa shape index (κ3) is 1.42. The van der Waals surface area contributed by atoms with Crippen LogP contribution in [0.3, 0.4) is 0 Å². The van der Waals surface area contributed by atoms with Crippen LogP contribution in [-0.4, -0.2) is 15.2 Å². The molecule has 3 rings (SSSR count). The summed E-state index contributed by atoms with van der Waals surface area (Å²) in [6.45, 7) is 0. The predicted molar refractivity (Wildman–Crippen MR) is 62.4 cm³/mol. The second-order valence-electron chi connectivity index (χ2n) is 3.29. The lowest BCUT2D eigenvalue weighted by atomic mass is 10.1. The highest BCUT2D eigenvalue weighted by Crippen LogP contribution is 2.25. The quantitative estimate of drug-likeness (QED) is 0.652. The van der Waals surface area contributed by atoms with E-state index in [-0.39, 0.29) is 4.84 Å². The summed E-state index contributed by atoms with van der Waals surface area (Å²) in [5.74, 6) is 0.489. The first kappa shape index (κ1) is 9.23. The van der Waals surface area contributed by atoms with Gasteiger partial charge in [0.05, 0.1) is 5.52 Å². The molecule has 0 aliphatic carbocycles. The van der Waals surface area contributed by atoms with Crippen molar-refractivity contribution in [1.29, 1.82) is 0 Å². The van der Waals surface area contributed by atoms with E-state index in [0.717, 1.165) is 16.5 Å². The largest absolute Gasteiger partial charge is 0.409 e. The number of rotatable bonds is 1. The van der Waals surface area contributed by atoms with Crippen molar-refractivity contribution >= 4 is 23.1 Å². The number of hydrogen-bond donors (Lipinski definition) is 1. The average molecular weight is 229 g/mol. The Morgan fingerprint density at radius 2 is 2.12 bits per heavy atom. The molecule has 1 aromatic carbocycles. The second kappa shape index (κ2) is 3.53. The van der Waals surface area contributed by atoms with Crippen molar-refractivity contribution < 1.29 is 4.42 Å². The van der Waals surface area contributed by atoms with Crippen LogP contribution in [0.25, 0.3) is 22.4 Å². The fraction of sp³-hybridized carbons (Fsp3) is 0. The van der Waals surface area contributed by atoms with Gasteiger partial charge >= 0.3 is 0 Å². The Morgan fingerprint density at radius 3 is 2.94 bits per heavy atom. The minimum atomic E-state index is 0.274. The Kier molecular flexibility index (Phi) is 2.04. The lowest BCUT2D eigenvalue weighted by Gasteiger charge is -2.00. The van der Waals surface area contributed by atoms with E-state index < -0.39 is 0 Å². The molecule has 16 heavy (non-hydrogen) atoms. The van der Waals surface area contributed by atoms with Crippen molar-refractivity contribution in [2.75, 3.05) is 0 Å². The van der Waals surface area contributed by atoms with Crippen LogP contribution >= 0.6 is 12.2 Å². The van der Waals surface area contributed by atoms with E-state index in [2.05, 4.69) is 15.2 Å². The molecular weight excluding hydrogens is 222 g/mol. The maximum absolute atomic E-state index is 5.30. The van der Waals surface area contributed by atoms with E-state index >= 15 is 0 Å². The number of nitrogens with one attached hydrogen (secondary N) is 1. The summed E-state index contributed by atoms with van der Waals surface area (Å²) >= 11 is 4.86. The topological polar surface area (TPSA) is 54.7 Å². The third-order valence-electron chi connectivity index (χ3n) is 2.31. The van der Waals surface area contributed by atoms with Gasteiger partial charge in [0.15, 0.2) is 0 Å². The number of fused-ring (bicyclic) bond motifs is 1. The van der Waals surface area contributed by atoms with E-state index in [1.54, 1.807) is 6.20 Å². The molecule has 1 N–H and O–H groups in total. The fourth-order valence-electron chi connectivity index (χ4n) is 1.63. The summed E-state index contributed by atoms with van der Waals surface area (Å²) < 4.78 is 5.30. The molecule has 0 radical (unpaired) electrons. The Hall–Kier alpha value is -2.01. The van der Waals surface area contributed by atoms with Crippen LogP contribution in [0.2, 0.25) is 0 Å². The minimum absolute atomic E-state index is 0.274. The molecule has 0 aliphatic heterocycles. The van der Waals surface area contributed by atoms with Crippen molar-refractivity contribution in [2.45, 2.75) is 0 Å². The number of pyridine rings is 1. The van der Waals surface area contributed by atoms with E-state index in [1.165, 1.54) is 0 Å². The van der Waals surface area contributed by atoms with Gasteiger partial charge in [-0.3, -0.25) is 4.98 Å². The van der Waals surface area contributed by atoms with Gasteiger partial charge in [0.25, 0.3) is 4.84 Å². The summed E-state index contributed by atoms with van der Waals surface area (Å²) in [4.78, 5) is 4.54. The Morgan fingerprint density at radius 1 is 1.19 bits per heavy atom. The molecule has 4 nitrogen and oxygen atoms in total. The first-order valence-electron chi connectivity index (χ1n) is 4.74. The number of nitrogens with zero attached hydrogens (tertiary/aromatic N) is 2. The number of aromatic amines is 1. The highest BCUT2D eigenvalue weighted by atomic mass is 32.1. The van der Waals surface area contributed by atoms with Gasteiger partial charge in [0, 0.05) is 17.1 Å². The van der Waals surface area contributed by atoms with Gasteiger partial charge in [-0.2, -0.15) is 0 Å². The molecule has 0 amide bonds. The first-order valence-corrected chi connectivity index (χ1v) is 5.15. The lowest BCUT2D eigenvalue weighted by Crippen LogP contribution is -1.83. The molecule has 0 unspecified atom stereocenters. The molecule has 3 aromatic rings. The first-order chi connectivity index (χ1) is 7.84. The van der Waals surface area contributed by atoms with Crippen LogP contribution in [0.4, 0.5) is 0 Å². The zero-order valence-corrected chi connectivity index (χ0v) is 8.99. The average Bonchev–Trinajstić information content (AvgIpc) is 2.75. The summed E-state index contributed by atoms with van der Waals surface area (Å²) in [5.41, 5.74) is 1.79. The van der Waals surface area contributed by atoms with Crippen LogP contribution in [0.15, 0.2) is 40.9 Å². The molecule has 2 aromatic heterocycles. The monoisotopic (exact) mass is 229 g/mol. The van der Waals surface area contributed by atoms with Gasteiger partial charge in [-0.25, -0.2) is 5.10 Å². The van der Waals surface area contributed by atoms with Crippen LogP contribution < -0.4 is 0 Å². The normalized spacial score (nSPS) is 10.8. The standard InChI is InChI=1S/C11H7N3OS/c16-11-14-13-10(15-11)8-3-1-5-9-7(8)4-2-6-12-9/h1-6H,(H,14,16). The Bertz CT molecular complexity index is 696. The predicted octanol–water partition coefficient (Wildman–Crippen LogP) is 2.95. The van der Waals surface area contributed by atoms with Crippen molar-refractivity contribution in [3.05, 3.63) is 41.4 Å². The van der Waals surface area contributed by atoms with E-state index in [9.17, 15) is 0 Å². The van der Waals surface area contributed by atoms with E-state index in [4.69, 9.17) is 16.6 Å². The molecule has 0 fully saturated rings. The molecule has 78 valence electrons. The minimum Gasteiger partial charge on any atom is -0.409 e. The van der Waals surface area contributed by atoms with E-state index in [0.29, 0.717) is 5.89 Å². The van der Waals surface area contributed by atoms with Crippen molar-refractivity contribution in [3.63, 3.8) is 0 Å². The molecular formula is C11H7N3OS. The molecule has 0 aliphatic rings. The summed E-state index contributed by atoms with van der Waals surface area (Å²) in [6.07, 6.45) is 1.76. The second-order valence-corrected chi connectivity index (χ2v) is 3.66. The van der Waals surface area contributed by atoms with Gasteiger partial charge < -0.3 is 4.42 Å². The van der Waals surface area contributed by atoms with Crippen LogP contribution in [0.1, 0.15) is 0 Å². The molecule has 0 saturated carbocycles. The van der Waals surface area contributed by atoms with Gasteiger partial charge in [-0.15, -0.1) is 5.10 Å². The van der Waals surface area contributed by atoms with Gasteiger partial charge in [-0.05, 0) is 30.4 Å². The molecule has 0 atom stereocenters. The number of H-pyrrole nitrogens is 1. The zero-order valence-electron chi connectivity index (χ0n) is 8.18. The lowest BCUT2D eigenvalue weighted by molar-refractivity contribution is 0.552. The summed E-state index contributed by atoms with van der Waals surface area (Å²) in [6, 6.07) is 9.65. The zero-order chi connectivity index (χ0) is 11.0. The van der Waals surface area contributed by atoms with Crippen molar-refractivity contribution in [1.82, 2.24) is 15.2 Å². The van der Waals surface area contributed by atoms with Crippen molar-refractivity contribution in [3.8, 4) is 11.5 Å². The molecule has 5 heteroatoms. The number of benzene rings is 1. The smallest absolute Gasteiger partial charge is 0.284 e. The maximum Gasteiger partial charge on any atom is 0.284 e. The molecule has 2 heterocycles. The third-order valence-corrected chi connectivity index (χ3v) is 2.49. The Labute approximate surface area is 96.0 Å². The number of hydrogen-bond acceptors (Lipinski definition) is 4. The molecule has 0 saturated heterocycles. The summed E-state index contributed by atoms with van der Waals surface area (Å²) in [7, 11) is 0. The van der Waals surface area contributed by atoms with Gasteiger partial charge in [0.1, 0.15) is 0 Å². The van der Waals surface area contributed by atoms with Crippen LogP contribution in [0.5, 0.6) is 0 Å². The summed E-state index contributed by atoms with van der Waals surface area (Å²) in [5, 5.41) is 7.62. The maximum atomic E-state index is 5.30. The van der Waals surface area contributed by atoms with Crippen LogP contribution in [0, 0.1) is 4.84 Å². The molecule has 0 spiro atoms. The Balaban J connectivity index is 2.35. The highest BCUT2D eigenvalue weighted by molar-refractivity contribution is 7.71. The number of aromatic nitrogens is 3. The SMILES string of the molecule is S=c1[nH]nc(-c2cccc3ncccc23)o1. The fourth-order valence-corrected chi connectivity index (χ4v) is 1.76. The van der Waals surface area contributed by atoms with Gasteiger partial charge in [0.2, 0.25) is 5.89 Å². The molecule has 0 bridgehead atoms. The van der Waals surface area contributed by atoms with Crippen molar-refractivity contribution in [2.24, 2.45) is 0 Å². The highest BCUT2D eigenvalue weighted by Gasteiger charge is 2.08. The van der Waals surface area contributed by atoms with E-state index in [1.807, 2.05) is 30.3 Å². The van der Waals surface area contributed by atoms with Crippen LogP contribution in [-0.2, 0) is 0 Å². The van der Waals surface area contributed by atoms with Gasteiger partial charge in [-0.1, -0.05) is 12.1 Å².